The maximum atomic E-state index is 13.0. The van der Waals surface area contributed by atoms with Crippen LogP contribution in [0.4, 0.5) is 4.39 Å². The smallest absolute Gasteiger partial charge is 0.124 e. The van der Waals surface area contributed by atoms with Gasteiger partial charge in [-0.05, 0) is 35.4 Å². The molecule has 0 aromatic heterocycles. The second kappa shape index (κ2) is 4.86. The molecule has 82 valence electrons. The van der Waals surface area contributed by atoms with E-state index in [1.807, 2.05) is 12.1 Å². The summed E-state index contributed by atoms with van der Waals surface area (Å²) in [5.41, 5.74) is 1.89. The average molecular weight is 364 g/mol. The highest BCUT2D eigenvalue weighted by Crippen LogP contribution is 2.35. The summed E-state index contributed by atoms with van der Waals surface area (Å²) in [5.74, 6) is -0.263. The van der Waals surface area contributed by atoms with Gasteiger partial charge in [0.2, 0.25) is 0 Å². The van der Waals surface area contributed by atoms with Gasteiger partial charge in [-0.3, -0.25) is 0 Å². The van der Waals surface area contributed by atoms with E-state index in [9.17, 15) is 4.39 Å². The molecule has 0 amide bonds. The van der Waals surface area contributed by atoms with Crippen LogP contribution >= 0.6 is 43.5 Å². The second-order valence-electron chi connectivity index (χ2n) is 3.25. The summed E-state index contributed by atoms with van der Waals surface area (Å²) in [5, 5.41) is 0.661. The van der Waals surface area contributed by atoms with E-state index in [0.717, 1.165) is 20.1 Å². The minimum Gasteiger partial charge on any atom is -0.207 e. The number of hydrogen-bond donors (Lipinski definition) is 0. The maximum Gasteiger partial charge on any atom is 0.124 e. The van der Waals surface area contributed by atoms with Crippen LogP contribution in [0.2, 0.25) is 5.02 Å². The van der Waals surface area contributed by atoms with Gasteiger partial charge in [0.05, 0.1) is 0 Å². The first-order chi connectivity index (χ1) is 7.58. The number of hydrogen-bond acceptors (Lipinski definition) is 0. The topological polar surface area (TPSA) is 0 Å². The molecule has 0 nitrogen and oxygen atoms in total. The molecule has 0 radical (unpaired) electrons. The van der Waals surface area contributed by atoms with Crippen LogP contribution < -0.4 is 0 Å². The van der Waals surface area contributed by atoms with E-state index in [4.69, 9.17) is 11.6 Å². The summed E-state index contributed by atoms with van der Waals surface area (Å²) >= 11 is 12.6. The Morgan fingerprint density at radius 2 is 1.44 bits per heavy atom. The van der Waals surface area contributed by atoms with E-state index in [2.05, 4.69) is 31.9 Å². The first-order valence-electron chi connectivity index (χ1n) is 4.48. The standard InChI is InChI=1S/C12H6Br2ClF/c13-11-5-7(15)1-3-9(11)10-4-2-8(16)6-12(10)14/h1-6H. The van der Waals surface area contributed by atoms with E-state index in [0.29, 0.717) is 5.02 Å². The van der Waals surface area contributed by atoms with E-state index >= 15 is 0 Å². The van der Waals surface area contributed by atoms with E-state index < -0.39 is 0 Å². The van der Waals surface area contributed by atoms with Crippen molar-refractivity contribution in [3.63, 3.8) is 0 Å². The maximum absolute atomic E-state index is 13.0. The lowest BCUT2D eigenvalue weighted by Gasteiger charge is -2.07. The molecular weight excluding hydrogens is 358 g/mol. The minimum absolute atomic E-state index is 0.263. The second-order valence-corrected chi connectivity index (χ2v) is 5.39. The van der Waals surface area contributed by atoms with Gasteiger partial charge in [0.1, 0.15) is 5.82 Å². The summed E-state index contributed by atoms with van der Waals surface area (Å²) < 4.78 is 14.6. The first-order valence-corrected chi connectivity index (χ1v) is 6.45. The van der Waals surface area contributed by atoms with Gasteiger partial charge in [0, 0.05) is 14.0 Å². The van der Waals surface area contributed by atoms with Crippen LogP contribution in [0.25, 0.3) is 11.1 Å². The van der Waals surface area contributed by atoms with Crippen LogP contribution in [-0.2, 0) is 0 Å². The van der Waals surface area contributed by atoms with Gasteiger partial charge >= 0.3 is 0 Å². The van der Waals surface area contributed by atoms with E-state index in [1.54, 1.807) is 12.1 Å². The zero-order valence-electron chi connectivity index (χ0n) is 7.98. The molecule has 0 atom stereocenters. The normalized spacial score (nSPS) is 10.5. The van der Waals surface area contributed by atoms with Crippen molar-refractivity contribution in [2.45, 2.75) is 0 Å². The van der Waals surface area contributed by atoms with Gasteiger partial charge in [-0.1, -0.05) is 55.6 Å². The van der Waals surface area contributed by atoms with Gasteiger partial charge in [-0.2, -0.15) is 0 Å². The van der Waals surface area contributed by atoms with Crippen molar-refractivity contribution in [2.24, 2.45) is 0 Å². The van der Waals surface area contributed by atoms with Gasteiger partial charge in [0.15, 0.2) is 0 Å². The Labute approximate surface area is 115 Å². The van der Waals surface area contributed by atoms with Crippen LogP contribution in [-0.4, -0.2) is 0 Å². The van der Waals surface area contributed by atoms with Crippen molar-refractivity contribution in [1.29, 1.82) is 0 Å². The molecule has 0 spiro atoms. The predicted octanol–water partition coefficient (Wildman–Crippen LogP) is 5.67. The molecule has 0 aliphatic heterocycles. The van der Waals surface area contributed by atoms with Crippen molar-refractivity contribution in [3.8, 4) is 11.1 Å². The average Bonchev–Trinajstić information content (AvgIpc) is 2.19. The molecule has 0 aliphatic rings. The highest BCUT2D eigenvalue weighted by molar-refractivity contribution is 9.11. The summed E-state index contributed by atoms with van der Waals surface area (Å²) in [6, 6.07) is 10.1. The zero-order chi connectivity index (χ0) is 11.7. The molecule has 2 aromatic rings. The quantitative estimate of drug-likeness (QED) is 0.611. The van der Waals surface area contributed by atoms with E-state index in [-0.39, 0.29) is 5.82 Å². The Morgan fingerprint density at radius 1 is 0.875 bits per heavy atom. The number of rotatable bonds is 1. The molecule has 0 N–H and O–H groups in total. The van der Waals surface area contributed by atoms with Crippen molar-refractivity contribution in [2.75, 3.05) is 0 Å². The van der Waals surface area contributed by atoms with Crippen LogP contribution in [0.1, 0.15) is 0 Å². The molecule has 0 heterocycles. The van der Waals surface area contributed by atoms with E-state index in [1.165, 1.54) is 12.1 Å². The predicted molar refractivity (Wildman–Crippen MR) is 72.2 cm³/mol. The molecule has 0 bridgehead atoms. The zero-order valence-corrected chi connectivity index (χ0v) is 11.9. The van der Waals surface area contributed by atoms with Gasteiger partial charge in [-0.25, -0.2) is 4.39 Å². The lowest BCUT2D eigenvalue weighted by Crippen LogP contribution is -1.83. The van der Waals surface area contributed by atoms with Crippen LogP contribution in [0.15, 0.2) is 45.3 Å². The number of halogens is 4. The molecule has 0 saturated heterocycles. The SMILES string of the molecule is Fc1ccc(-c2ccc(Cl)cc2Br)c(Br)c1. The van der Waals surface area contributed by atoms with Crippen molar-refractivity contribution < 1.29 is 4.39 Å². The third-order valence-corrected chi connectivity index (χ3v) is 3.70. The molecule has 16 heavy (non-hydrogen) atoms. The van der Waals surface area contributed by atoms with Gasteiger partial charge < -0.3 is 0 Å². The van der Waals surface area contributed by atoms with Crippen LogP contribution in [0.5, 0.6) is 0 Å². The van der Waals surface area contributed by atoms with Crippen molar-refractivity contribution in [1.82, 2.24) is 0 Å². The Kier molecular flexibility index (Phi) is 3.67. The molecule has 4 heteroatoms. The third kappa shape index (κ3) is 2.47. The summed E-state index contributed by atoms with van der Waals surface area (Å²) in [6.07, 6.45) is 0. The lowest BCUT2D eigenvalue weighted by atomic mass is 10.1. The Hall–Kier alpha value is -0.380. The summed E-state index contributed by atoms with van der Waals surface area (Å²) in [6.45, 7) is 0. The molecule has 0 unspecified atom stereocenters. The molecule has 2 aromatic carbocycles. The summed E-state index contributed by atoms with van der Waals surface area (Å²) in [7, 11) is 0. The molecule has 0 aliphatic carbocycles. The van der Waals surface area contributed by atoms with Crippen molar-refractivity contribution >= 4 is 43.5 Å². The highest BCUT2D eigenvalue weighted by Gasteiger charge is 2.08. The fraction of sp³-hybridized carbons (Fsp3) is 0. The van der Waals surface area contributed by atoms with Crippen molar-refractivity contribution in [3.05, 3.63) is 56.2 Å². The van der Waals surface area contributed by atoms with Gasteiger partial charge in [-0.15, -0.1) is 0 Å². The third-order valence-electron chi connectivity index (χ3n) is 2.15. The molecule has 0 fully saturated rings. The summed E-state index contributed by atoms with van der Waals surface area (Å²) in [4.78, 5) is 0. The Balaban J connectivity index is 2.59. The molecule has 2 rings (SSSR count). The minimum atomic E-state index is -0.263. The van der Waals surface area contributed by atoms with Gasteiger partial charge in [0.25, 0.3) is 0 Å². The van der Waals surface area contributed by atoms with Crippen LogP contribution in [0, 0.1) is 5.82 Å². The Bertz CT molecular complexity index is 491. The monoisotopic (exact) mass is 362 g/mol. The number of benzene rings is 2. The lowest BCUT2D eigenvalue weighted by molar-refractivity contribution is 0.627. The molecule has 0 saturated carbocycles. The first kappa shape index (κ1) is 12.1. The fourth-order valence-corrected chi connectivity index (χ4v) is 2.88. The largest absolute Gasteiger partial charge is 0.207 e. The fourth-order valence-electron chi connectivity index (χ4n) is 1.42. The van der Waals surface area contributed by atoms with Crippen LogP contribution in [0.3, 0.4) is 0 Å². The highest BCUT2D eigenvalue weighted by atomic mass is 79.9. The Morgan fingerprint density at radius 3 is 2.00 bits per heavy atom. The molecular formula is C12H6Br2ClF.